The lowest BCUT2D eigenvalue weighted by molar-refractivity contribution is 0.0986. The molecule has 0 atom stereocenters. The van der Waals surface area contributed by atoms with Crippen molar-refractivity contribution in [1.82, 2.24) is 9.97 Å². The van der Waals surface area contributed by atoms with Gasteiger partial charge in [0.2, 0.25) is 5.95 Å². The molecule has 0 saturated heterocycles. The monoisotopic (exact) mass is 348 g/mol. The van der Waals surface area contributed by atoms with Crippen LogP contribution in [0.3, 0.4) is 0 Å². The van der Waals surface area contributed by atoms with Crippen molar-refractivity contribution < 1.29 is 4.79 Å². The molecule has 3 rings (SSSR count). The molecule has 0 aliphatic rings. The van der Waals surface area contributed by atoms with Crippen LogP contribution in [-0.4, -0.2) is 28.5 Å². The number of hydrogen-bond acceptors (Lipinski definition) is 4. The van der Waals surface area contributed by atoms with Gasteiger partial charge in [0, 0.05) is 24.3 Å². The van der Waals surface area contributed by atoms with Crippen molar-refractivity contribution in [2.45, 2.75) is 33.2 Å². The summed E-state index contributed by atoms with van der Waals surface area (Å²) in [6.45, 7) is 6.71. The first-order valence-corrected chi connectivity index (χ1v) is 8.98. The van der Waals surface area contributed by atoms with Gasteiger partial charge in [0.05, 0.1) is 0 Å². The van der Waals surface area contributed by atoms with Crippen LogP contribution in [0.5, 0.6) is 0 Å². The third-order valence-corrected chi connectivity index (χ3v) is 4.02. The Balaban J connectivity index is 1.94. The molecule has 0 bridgehead atoms. The van der Waals surface area contributed by atoms with E-state index in [9.17, 15) is 4.79 Å². The smallest absolute Gasteiger partial charge is 0.259 e. The van der Waals surface area contributed by atoms with Gasteiger partial charge in [-0.25, -0.2) is 4.98 Å². The van der Waals surface area contributed by atoms with Gasteiger partial charge in [0.1, 0.15) is 5.82 Å². The quantitative estimate of drug-likeness (QED) is 0.712. The minimum absolute atomic E-state index is 0.0493. The van der Waals surface area contributed by atoms with Crippen LogP contribution < -0.4 is 10.2 Å². The Bertz CT molecular complexity index is 907. The Morgan fingerprint density at radius 3 is 2.62 bits per heavy atom. The second-order valence-electron chi connectivity index (χ2n) is 6.56. The minimum Gasteiger partial charge on any atom is -0.352 e. The van der Waals surface area contributed by atoms with E-state index in [-0.39, 0.29) is 11.9 Å². The summed E-state index contributed by atoms with van der Waals surface area (Å²) < 4.78 is 0. The number of nitrogens with one attached hydrogen (secondary N) is 1. The Morgan fingerprint density at radius 2 is 1.88 bits per heavy atom. The lowest BCUT2D eigenvalue weighted by Gasteiger charge is -2.22. The van der Waals surface area contributed by atoms with Gasteiger partial charge in [-0.1, -0.05) is 37.3 Å². The standard InChI is InChI=1S/C21H24N4O/c1-4-13-25(19-11-12-22-21(24-19)23-15(2)3)20(26)18-10-9-16-7-5-6-8-17(16)14-18/h5-12,14-15H,4,13H2,1-3H3,(H,22,23,24). The molecule has 1 aromatic heterocycles. The molecule has 5 nitrogen and oxygen atoms in total. The summed E-state index contributed by atoms with van der Waals surface area (Å²) in [7, 11) is 0. The first-order valence-electron chi connectivity index (χ1n) is 8.98. The van der Waals surface area contributed by atoms with Gasteiger partial charge in [-0.05, 0) is 49.2 Å². The van der Waals surface area contributed by atoms with E-state index in [4.69, 9.17) is 0 Å². The SMILES string of the molecule is CCCN(C(=O)c1ccc2ccccc2c1)c1ccnc(NC(C)C)n1. The molecule has 2 aromatic carbocycles. The van der Waals surface area contributed by atoms with Crippen LogP contribution in [0, 0.1) is 0 Å². The van der Waals surface area contributed by atoms with E-state index in [0.717, 1.165) is 17.2 Å². The highest BCUT2D eigenvalue weighted by molar-refractivity contribution is 6.07. The predicted octanol–water partition coefficient (Wildman–Crippen LogP) is 4.51. The lowest BCUT2D eigenvalue weighted by Crippen LogP contribution is -2.32. The third-order valence-electron chi connectivity index (χ3n) is 4.02. The van der Waals surface area contributed by atoms with Crippen LogP contribution in [0.1, 0.15) is 37.6 Å². The van der Waals surface area contributed by atoms with Crippen molar-refractivity contribution in [3.63, 3.8) is 0 Å². The van der Waals surface area contributed by atoms with E-state index in [1.54, 1.807) is 17.2 Å². The zero-order valence-corrected chi connectivity index (χ0v) is 15.4. The average Bonchev–Trinajstić information content (AvgIpc) is 2.65. The molecule has 1 amide bonds. The van der Waals surface area contributed by atoms with Crippen molar-refractivity contribution in [2.24, 2.45) is 0 Å². The van der Waals surface area contributed by atoms with Crippen molar-refractivity contribution >= 4 is 28.4 Å². The number of rotatable bonds is 6. The number of carbonyl (C=O) groups is 1. The molecular formula is C21H24N4O. The molecule has 134 valence electrons. The molecule has 0 aliphatic heterocycles. The van der Waals surface area contributed by atoms with Gasteiger partial charge in [0.15, 0.2) is 0 Å². The molecule has 0 saturated carbocycles. The summed E-state index contributed by atoms with van der Waals surface area (Å²) in [6.07, 6.45) is 2.53. The van der Waals surface area contributed by atoms with Crippen LogP contribution in [0.25, 0.3) is 10.8 Å². The third kappa shape index (κ3) is 3.99. The molecule has 0 aliphatic carbocycles. The highest BCUT2D eigenvalue weighted by Crippen LogP contribution is 2.20. The molecule has 0 unspecified atom stereocenters. The maximum absolute atomic E-state index is 13.2. The van der Waals surface area contributed by atoms with Crippen molar-refractivity contribution in [3.8, 4) is 0 Å². The maximum atomic E-state index is 13.2. The number of fused-ring (bicyclic) bond motifs is 1. The molecule has 3 aromatic rings. The van der Waals surface area contributed by atoms with Gasteiger partial charge >= 0.3 is 0 Å². The van der Waals surface area contributed by atoms with E-state index < -0.39 is 0 Å². The van der Waals surface area contributed by atoms with E-state index in [0.29, 0.717) is 23.9 Å². The Kier molecular flexibility index (Phi) is 5.46. The average molecular weight is 348 g/mol. The summed E-state index contributed by atoms with van der Waals surface area (Å²) in [6, 6.07) is 15.8. The van der Waals surface area contributed by atoms with Crippen LogP contribution in [-0.2, 0) is 0 Å². The first-order chi connectivity index (χ1) is 12.6. The fourth-order valence-corrected chi connectivity index (χ4v) is 2.85. The molecule has 0 radical (unpaired) electrons. The zero-order valence-electron chi connectivity index (χ0n) is 15.4. The molecular weight excluding hydrogens is 324 g/mol. The summed E-state index contributed by atoms with van der Waals surface area (Å²) in [5, 5.41) is 5.36. The number of carbonyl (C=O) groups excluding carboxylic acids is 1. The van der Waals surface area contributed by atoms with Gasteiger partial charge in [-0.15, -0.1) is 0 Å². The zero-order chi connectivity index (χ0) is 18.5. The largest absolute Gasteiger partial charge is 0.352 e. The highest BCUT2D eigenvalue weighted by atomic mass is 16.2. The van der Waals surface area contributed by atoms with Crippen LogP contribution in [0.15, 0.2) is 54.7 Å². The Labute approximate surface area is 154 Å². The maximum Gasteiger partial charge on any atom is 0.259 e. The van der Waals surface area contributed by atoms with Crippen LogP contribution in [0.4, 0.5) is 11.8 Å². The number of hydrogen-bond donors (Lipinski definition) is 1. The minimum atomic E-state index is -0.0493. The van der Waals surface area contributed by atoms with E-state index in [2.05, 4.69) is 22.2 Å². The van der Waals surface area contributed by atoms with Crippen molar-refractivity contribution in [3.05, 3.63) is 60.3 Å². The summed E-state index contributed by atoms with van der Waals surface area (Å²) in [5.41, 5.74) is 0.661. The topological polar surface area (TPSA) is 58.1 Å². The van der Waals surface area contributed by atoms with Crippen LogP contribution >= 0.6 is 0 Å². The molecule has 26 heavy (non-hydrogen) atoms. The molecule has 0 spiro atoms. The lowest BCUT2D eigenvalue weighted by atomic mass is 10.1. The summed E-state index contributed by atoms with van der Waals surface area (Å²) in [5.74, 6) is 1.10. The van der Waals surface area contributed by atoms with E-state index in [1.165, 1.54) is 0 Å². The van der Waals surface area contributed by atoms with Crippen LogP contribution in [0.2, 0.25) is 0 Å². The van der Waals surface area contributed by atoms with Crippen molar-refractivity contribution in [1.29, 1.82) is 0 Å². The van der Waals surface area contributed by atoms with Gasteiger partial charge in [-0.3, -0.25) is 9.69 Å². The second kappa shape index (κ2) is 7.95. The number of aromatic nitrogens is 2. The molecule has 5 heteroatoms. The van der Waals surface area contributed by atoms with Gasteiger partial charge in [0.25, 0.3) is 5.91 Å². The highest BCUT2D eigenvalue weighted by Gasteiger charge is 2.19. The number of amides is 1. The Hall–Kier alpha value is -2.95. The fraction of sp³-hybridized carbons (Fsp3) is 0.286. The van der Waals surface area contributed by atoms with Crippen molar-refractivity contribution in [2.75, 3.05) is 16.8 Å². The Morgan fingerprint density at radius 1 is 1.12 bits per heavy atom. The molecule has 1 heterocycles. The normalized spacial score (nSPS) is 10.9. The number of benzene rings is 2. The van der Waals surface area contributed by atoms with E-state index >= 15 is 0 Å². The summed E-state index contributed by atoms with van der Waals surface area (Å²) >= 11 is 0. The fourth-order valence-electron chi connectivity index (χ4n) is 2.85. The van der Waals surface area contributed by atoms with Gasteiger partial charge in [-0.2, -0.15) is 4.98 Å². The van der Waals surface area contributed by atoms with E-state index in [1.807, 2.05) is 56.3 Å². The first kappa shape index (κ1) is 17.9. The summed E-state index contributed by atoms with van der Waals surface area (Å²) in [4.78, 5) is 23.6. The molecule has 0 fully saturated rings. The molecule has 1 N–H and O–H groups in total. The number of nitrogens with zero attached hydrogens (tertiary/aromatic N) is 3. The second-order valence-corrected chi connectivity index (χ2v) is 6.56. The van der Waals surface area contributed by atoms with Gasteiger partial charge < -0.3 is 5.32 Å². The predicted molar refractivity (Wildman–Crippen MR) is 107 cm³/mol. The number of anilines is 2.